The molecule has 0 radical (unpaired) electrons. The standard InChI is InChI=1S/C19H20F3NO3/c1-3-17(13-7-9-15(25-2)10-8-13)23-18(24)12-26-16-6-4-5-14(11-16)19(20,21)22/h4-11,17H,3,12H2,1-2H3,(H,23,24). The largest absolute Gasteiger partial charge is 0.497 e. The first kappa shape index (κ1) is 19.6. The Kier molecular flexibility index (Phi) is 6.49. The van der Waals surface area contributed by atoms with E-state index in [9.17, 15) is 18.0 Å². The van der Waals surface area contributed by atoms with E-state index in [1.165, 1.54) is 12.1 Å². The molecule has 0 aliphatic carbocycles. The fourth-order valence-corrected chi connectivity index (χ4v) is 2.40. The number of carbonyl (C=O) groups excluding carboxylic acids is 1. The molecule has 26 heavy (non-hydrogen) atoms. The SMILES string of the molecule is CCC(NC(=O)COc1cccc(C(F)(F)F)c1)c1ccc(OC)cc1. The van der Waals surface area contributed by atoms with Crippen molar-refractivity contribution in [1.29, 1.82) is 0 Å². The number of hydrogen-bond donors (Lipinski definition) is 1. The number of hydrogen-bond acceptors (Lipinski definition) is 3. The van der Waals surface area contributed by atoms with Crippen LogP contribution < -0.4 is 14.8 Å². The molecular formula is C19H20F3NO3. The highest BCUT2D eigenvalue weighted by Crippen LogP contribution is 2.31. The van der Waals surface area contributed by atoms with Gasteiger partial charge in [-0.3, -0.25) is 4.79 Å². The maximum Gasteiger partial charge on any atom is 0.416 e. The number of halogens is 3. The van der Waals surface area contributed by atoms with Crippen molar-refractivity contribution in [2.75, 3.05) is 13.7 Å². The molecule has 2 aromatic rings. The predicted molar refractivity (Wildman–Crippen MR) is 91.1 cm³/mol. The molecule has 0 spiro atoms. The summed E-state index contributed by atoms with van der Waals surface area (Å²) in [5.74, 6) is 0.292. The molecule has 1 unspecified atom stereocenters. The van der Waals surface area contributed by atoms with Crippen molar-refractivity contribution in [3.63, 3.8) is 0 Å². The van der Waals surface area contributed by atoms with Crippen molar-refractivity contribution < 1.29 is 27.4 Å². The van der Waals surface area contributed by atoms with Crippen LogP contribution in [0.15, 0.2) is 48.5 Å². The van der Waals surface area contributed by atoms with E-state index in [0.29, 0.717) is 12.2 Å². The van der Waals surface area contributed by atoms with Gasteiger partial charge in [0.05, 0.1) is 18.7 Å². The van der Waals surface area contributed by atoms with Gasteiger partial charge < -0.3 is 14.8 Å². The third-order valence-electron chi connectivity index (χ3n) is 3.79. The summed E-state index contributed by atoms with van der Waals surface area (Å²) in [6.07, 6.45) is -3.80. The minimum absolute atomic E-state index is 0.00697. The first-order valence-corrected chi connectivity index (χ1v) is 8.07. The highest BCUT2D eigenvalue weighted by molar-refractivity contribution is 5.78. The molecule has 0 bridgehead atoms. The van der Waals surface area contributed by atoms with E-state index < -0.39 is 17.6 Å². The Hall–Kier alpha value is -2.70. The number of rotatable bonds is 7. The van der Waals surface area contributed by atoms with Crippen molar-refractivity contribution in [3.8, 4) is 11.5 Å². The van der Waals surface area contributed by atoms with Crippen LogP contribution in [-0.4, -0.2) is 19.6 Å². The zero-order valence-corrected chi connectivity index (χ0v) is 14.5. The Labute approximate surface area is 149 Å². The van der Waals surface area contributed by atoms with Gasteiger partial charge in [0, 0.05) is 0 Å². The number of methoxy groups -OCH3 is 1. The van der Waals surface area contributed by atoms with Gasteiger partial charge in [0.15, 0.2) is 6.61 Å². The second-order valence-electron chi connectivity index (χ2n) is 5.62. The molecule has 0 fully saturated rings. The highest BCUT2D eigenvalue weighted by atomic mass is 19.4. The topological polar surface area (TPSA) is 47.6 Å². The van der Waals surface area contributed by atoms with Crippen molar-refractivity contribution in [3.05, 3.63) is 59.7 Å². The number of ether oxygens (including phenoxy) is 2. The van der Waals surface area contributed by atoms with E-state index >= 15 is 0 Å². The van der Waals surface area contributed by atoms with E-state index in [2.05, 4.69) is 5.32 Å². The molecule has 0 heterocycles. The van der Waals surface area contributed by atoms with E-state index in [1.807, 2.05) is 19.1 Å². The predicted octanol–water partition coefficient (Wildman–Crippen LogP) is 4.36. The lowest BCUT2D eigenvalue weighted by Crippen LogP contribution is -2.32. The summed E-state index contributed by atoms with van der Waals surface area (Å²) in [7, 11) is 1.57. The van der Waals surface area contributed by atoms with Gasteiger partial charge in [0.25, 0.3) is 5.91 Å². The Balaban J connectivity index is 1.94. The molecule has 1 atom stereocenters. The van der Waals surface area contributed by atoms with Crippen molar-refractivity contribution in [1.82, 2.24) is 5.32 Å². The summed E-state index contributed by atoms with van der Waals surface area (Å²) in [5, 5.41) is 2.81. The van der Waals surface area contributed by atoms with E-state index in [4.69, 9.17) is 9.47 Å². The van der Waals surface area contributed by atoms with Crippen molar-refractivity contribution in [2.45, 2.75) is 25.6 Å². The fraction of sp³-hybridized carbons (Fsp3) is 0.316. The lowest BCUT2D eigenvalue weighted by atomic mass is 10.0. The van der Waals surface area contributed by atoms with Gasteiger partial charge in [-0.05, 0) is 42.3 Å². The van der Waals surface area contributed by atoms with Crippen LogP contribution in [0.25, 0.3) is 0 Å². The fourth-order valence-electron chi connectivity index (χ4n) is 2.40. The molecule has 1 N–H and O–H groups in total. The van der Waals surface area contributed by atoms with Gasteiger partial charge in [-0.1, -0.05) is 25.1 Å². The van der Waals surface area contributed by atoms with Gasteiger partial charge >= 0.3 is 6.18 Å². The highest BCUT2D eigenvalue weighted by Gasteiger charge is 2.30. The zero-order chi connectivity index (χ0) is 19.2. The van der Waals surface area contributed by atoms with Crippen LogP contribution in [0.3, 0.4) is 0 Å². The van der Waals surface area contributed by atoms with E-state index in [1.54, 1.807) is 19.2 Å². The summed E-state index contributed by atoms with van der Waals surface area (Å²) in [6, 6.07) is 11.5. The summed E-state index contributed by atoms with van der Waals surface area (Å²) in [6.45, 7) is 1.55. The van der Waals surface area contributed by atoms with Gasteiger partial charge in [0.2, 0.25) is 0 Å². The third-order valence-corrected chi connectivity index (χ3v) is 3.79. The molecule has 4 nitrogen and oxygen atoms in total. The Morgan fingerprint density at radius 2 is 1.81 bits per heavy atom. The molecule has 0 saturated heterocycles. The lowest BCUT2D eigenvalue weighted by Gasteiger charge is -2.18. The first-order chi connectivity index (χ1) is 12.3. The average Bonchev–Trinajstić information content (AvgIpc) is 2.64. The van der Waals surface area contributed by atoms with Gasteiger partial charge in [-0.15, -0.1) is 0 Å². The first-order valence-electron chi connectivity index (χ1n) is 8.07. The molecule has 7 heteroatoms. The molecular weight excluding hydrogens is 347 g/mol. The van der Waals surface area contributed by atoms with E-state index in [-0.39, 0.29) is 18.4 Å². The van der Waals surface area contributed by atoms with Gasteiger partial charge in [-0.25, -0.2) is 0 Å². The quantitative estimate of drug-likeness (QED) is 0.791. The molecule has 2 aromatic carbocycles. The molecule has 1 amide bonds. The van der Waals surface area contributed by atoms with E-state index in [0.717, 1.165) is 17.7 Å². The normalized spacial score (nSPS) is 12.3. The second kappa shape index (κ2) is 8.60. The van der Waals surface area contributed by atoms with Gasteiger partial charge in [0.1, 0.15) is 11.5 Å². The average molecular weight is 367 g/mol. The smallest absolute Gasteiger partial charge is 0.416 e. The number of carbonyl (C=O) groups is 1. The Morgan fingerprint density at radius 3 is 2.38 bits per heavy atom. The van der Waals surface area contributed by atoms with Gasteiger partial charge in [-0.2, -0.15) is 13.2 Å². The maximum atomic E-state index is 12.7. The number of benzene rings is 2. The zero-order valence-electron chi connectivity index (χ0n) is 14.5. The molecule has 0 aliphatic rings. The van der Waals surface area contributed by atoms with Crippen LogP contribution in [0.5, 0.6) is 11.5 Å². The minimum Gasteiger partial charge on any atom is -0.497 e. The summed E-state index contributed by atoms with van der Waals surface area (Å²) in [4.78, 5) is 12.1. The Bertz CT molecular complexity index is 730. The maximum absolute atomic E-state index is 12.7. The Morgan fingerprint density at radius 1 is 1.12 bits per heavy atom. The lowest BCUT2D eigenvalue weighted by molar-refractivity contribution is -0.137. The molecule has 0 aliphatic heterocycles. The van der Waals surface area contributed by atoms with Crippen LogP contribution in [0, 0.1) is 0 Å². The third kappa shape index (κ3) is 5.40. The summed E-state index contributed by atoms with van der Waals surface area (Å²) in [5.41, 5.74) is 0.0841. The van der Waals surface area contributed by atoms with Crippen molar-refractivity contribution >= 4 is 5.91 Å². The number of nitrogens with one attached hydrogen (secondary N) is 1. The molecule has 0 aromatic heterocycles. The monoisotopic (exact) mass is 367 g/mol. The summed E-state index contributed by atoms with van der Waals surface area (Å²) < 4.78 is 48.3. The van der Waals surface area contributed by atoms with Crippen LogP contribution in [0.1, 0.15) is 30.5 Å². The second-order valence-corrected chi connectivity index (χ2v) is 5.62. The number of amides is 1. The number of alkyl halides is 3. The molecule has 2 rings (SSSR count). The molecule has 140 valence electrons. The minimum atomic E-state index is -4.46. The van der Waals surface area contributed by atoms with Crippen LogP contribution in [0.4, 0.5) is 13.2 Å². The summed E-state index contributed by atoms with van der Waals surface area (Å²) >= 11 is 0. The van der Waals surface area contributed by atoms with Crippen LogP contribution in [-0.2, 0) is 11.0 Å². The molecule has 0 saturated carbocycles. The van der Waals surface area contributed by atoms with Crippen molar-refractivity contribution in [2.24, 2.45) is 0 Å². The van der Waals surface area contributed by atoms with Crippen LogP contribution in [0.2, 0.25) is 0 Å². The van der Waals surface area contributed by atoms with Crippen LogP contribution >= 0.6 is 0 Å².